The highest BCUT2D eigenvalue weighted by molar-refractivity contribution is 5.68. The summed E-state index contributed by atoms with van der Waals surface area (Å²) in [5.41, 5.74) is 7.11. The largest absolute Gasteiger partial charge is 0.444 e. The zero-order valence-electron chi connectivity index (χ0n) is 11.9. The molecule has 0 radical (unpaired) electrons. The van der Waals surface area contributed by atoms with E-state index in [9.17, 15) is 4.79 Å². The number of aryl methyl sites for hydroxylation is 1. The lowest BCUT2D eigenvalue weighted by atomic mass is 10.1. The molecule has 5 heteroatoms. The number of alkyl carbamates (subject to hydrolysis) is 1. The Labute approximate surface area is 113 Å². The third-order valence-corrected chi connectivity index (χ3v) is 2.23. The predicted molar refractivity (Wildman–Crippen MR) is 76.7 cm³/mol. The highest BCUT2D eigenvalue weighted by Gasteiger charge is 2.14. The minimum atomic E-state index is -0.481. The summed E-state index contributed by atoms with van der Waals surface area (Å²) >= 11 is 0. The average Bonchev–Trinajstić information content (AvgIpc) is 2.24. The van der Waals surface area contributed by atoms with Gasteiger partial charge in [-0.25, -0.2) is 9.78 Å². The van der Waals surface area contributed by atoms with Gasteiger partial charge in [-0.15, -0.1) is 0 Å². The van der Waals surface area contributed by atoms with Crippen molar-refractivity contribution in [1.82, 2.24) is 10.3 Å². The van der Waals surface area contributed by atoms with Gasteiger partial charge in [0.25, 0.3) is 0 Å². The van der Waals surface area contributed by atoms with Gasteiger partial charge in [-0.2, -0.15) is 0 Å². The standard InChI is InChI=1S/C14H21N3O2/c1-10-8-12(15)17-9-11(10)6-5-7-16-13(18)19-14(2,3)4/h5-6,8-9H,7H2,1-4H3,(H2,15,17)(H,16,18). The molecule has 0 fully saturated rings. The molecular formula is C14H21N3O2. The van der Waals surface area contributed by atoms with Crippen molar-refractivity contribution in [1.29, 1.82) is 0 Å². The molecule has 1 amide bonds. The van der Waals surface area contributed by atoms with Crippen LogP contribution in [0.5, 0.6) is 0 Å². The molecule has 3 N–H and O–H groups in total. The number of hydrogen-bond acceptors (Lipinski definition) is 4. The molecule has 5 nitrogen and oxygen atoms in total. The number of ether oxygens (including phenoxy) is 1. The summed E-state index contributed by atoms with van der Waals surface area (Å²) in [5.74, 6) is 0.501. The Morgan fingerprint density at radius 3 is 2.79 bits per heavy atom. The molecule has 1 aromatic rings. The zero-order chi connectivity index (χ0) is 14.5. The van der Waals surface area contributed by atoms with E-state index in [-0.39, 0.29) is 0 Å². The topological polar surface area (TPSA) is 77.2 Å². The monoisotopic (exact) mass is 263 g/mol. The minimum absolute atomic E-state index is 0.402. The summed E-state index contributed by atoms with van der Waals surface area (Å²) in [6.45, 7) is 7.83. The molecule has 0 bridgehead atoms. The number of carbonyl (C=O) groups excluding carboxylic acids is 1. The Hall–Kier alpha value is -2.04. The Morgan fingerprint density at radius 2 is 2.21 bits per heavy atom. The predicted octanol–water partition coefficient (Wildman–Crippen LogP) is 2.51. The highest BCUT2D eigenvalue weighted by atomic mass is 16.6. The first-order chi connectivity index (χ1) is 8.78. The van der Waals surface area contributed by atoms with Crippen LogP contribution in [-0.2, 0) is 4.74 Å². The first kappa shape index (κ1) is 15.0. The fourth-order valence-electron chi connectivity index (χ4n) is 1.41. The fraction of sp³-hybridized carbons (Fsp3) is 0.429. The summed E-state index contributed by atoms with van der Waals surface area (Å²) < 4.78 is 5.12. The number of pyridine rings is 1. The van der Waals surface area contributed by atoms with Gasteiger partial charge >= 0.3 is 6.09 Å². The molecule has 0 aliphatic heterocycles. The highest BCUT2D eigenvalue weighted by Crippen LogP contribution is 2.10. The molecule has 0 unspecified atom stereocenters. The van der Waals surface area contributed by atoms with E-state index in [1.165, 1.54) is 0 Å². The first-order valence-electron chi connectivity index (χ1n) is 6.13. The van der Waals surface area contributed by atoms with Gasteiger partial charge in [0.15, 0.2) is 0 Å². The van der Waals surface area contributed by atoms with E-state index in [1.807, 2.05) is 39.8 Å². The Kier molecular flexibility index (Phi) is 4.92. The van der Waals surface area contributed by atoms with Crippen molar-refractivity contribution < 1.29 is 9.53 Å². The number of nitrogens with one attached hydrogen (secondary N) is 1. The summed E-state index contributed by atoms with van der Waals surface area (Å²) in [4.78, 5) is 15.4. The molecule has 0 aliphatic carbocycles. The van der Waals surface area contributed by atoms with Gasteiger partial charge in [-0.05, 0) is 44.9 Å². The maximum absolute atomic E-state index is 11.4. The van der Waals surface area contributed by atoms with Gasteiger partial charge < -0.3 is 15.8 Å². The lowest BCUT2D eigenvalue weighted by Crippen LogP contribution is -2.32. The second-order valence-corrected chi connectivity index (χ2v) is 5.25. The van der Waals surface area contributed by atoms with E-state index in [1.54, 1.807) is 12.3 Å². The van der Waals surface area contributed by atoms with Gasteiger partial charge in [0.05, 0.1) is 0 Å². The molecule has 19 heavy (non-hydrogen) atoms. The molecule has 104 valence electrons. The van der Waals surface area contributed by atoms with Crippen LogP contribution in [0.1, 0.15) is 31.9 Å². The third-order valence-electron chi connectivity index (χ3n) is 2.23. The van der Waals surface area contributed by atoms with E-state index in [0.29, 0.717) is 12.4 Å². The maximum atomic E-state index is 11.4. The number of anilines is 1. The van der Waals surface area contributed by atoms with E-state index < -0.39 is 11.7 Å². The van der Waals surface area contributed by atoms with Crippen molar-refractivity contribution in [3.05, 3.63) is 29.5 Å². The van der Waals surface area contributed by atoms with Crippen molar-refractivity contribution in [3.63, 3.8) is 0 Å². The molecular weight excluding hydrogens is 242 g/mol. The number of nitrogens with zero attached hydrogens (tertiary/aromatic N) is 1. The molecule has 1 aromatic heterocycles. The summed E-state index contributed by atoms with van der Waals surface area (Å²) in [7, 11) is 0. The normalized spacial score (nSPS) is 11.6. The van der Waals surface area contributed by atoms with E-state index in [2.05, 4.69) is 10.3 Å². The average molecular weight is 263 g/mol. The van der Waals surface area contributed by atoms with Crippen LogP contribution in [0.4, 0.5) is 10.6 Å². The van der Waals surface area contributed by atoms with Gasteiger partial charge in [0.1, 0.15) is 11.4 Å². The van der Waals surface area contributed by atoms with Gasteiger partial charge in [0, 0.05) is 12.7 Å². The molecule has 0 saturated heterocycles. The number of nitrogens with two attached hydrogens (primary N) is 1. The number of hydrogen-bond donors (Lipinski definition) is 2. The van der Waals surface area contributed by atoms with Crippen molar-refractivity contribution >= 4 is 18.0 Å². The van der Waals surface area contributed by atoms with Crippen molar-refractivity contribution in [2.75, 3.05) is 12.3 Å². The Bertz CT molecular complexity index is 476. The van der Waals surface area contributed by atoms with Crippen LogP contribution in [0.25, 0.3) is 6.08 Å². The van der Waals surface area contributed by atoms with E-state index in [0.717, 1.165) is 11.1 Å². The van der Waals surface area contributed by atoms with Crippen LogP contribution in [0, 0.1) is 6.92 Å². The molecule has 1 rings (SSSR count). The number of nitrogen functional groups attached to an aromatic ring is 1. The Morgan fingerprint density at radius 1 is 1.53 bits per heavy atom. The van der Waals surface area contributed by atoms with Crippen molar-refractivity contribution in [3.8, 4) is 0 Å². The van der Waals surface area contributed by atoms with Gasteiger partial charge in [0.2, 0.25) is 0 Å². The number of rotatable bonds is 3. The molecule has 0 aromatic carbocycles. The van der Waals surface area contributed by atoms with Gasteiger partial charge in [-0.3, -0.25) is 0 Å². The lowest BCUT2D eigenvalue weighted by molar-refractivity contribution is 0.0534. The van der Waals surface area contributed by atoms with Crippen LogP contribution in [0.2, 0.25) is 0 Å². The quantitative estimate of drug-likeness (QED) is 0.878. The second-order valence-electron chi connectivity index (χ2n) is 5.25. The van der Waals surface area contributed by atoms with Crippen molar-refractivity contribution in [2.24, 2.45) is 0 Å². The molecule has 0 saturated carbocycles. The maximum Gasteiger partial charge on any atom is 0.407 e. The molecule has 1 heterocycles. The molecule has 0 aliphatic rings. The first-order valence-corrected chi connectivity index (χ1v) is 6.13. The third kappa shape index (κ3) is 5.90. The summed E-state index contributed by atoms with van der Waals surface area (Å²) in [5, 5.41) is 2.65. The van der Waals surface area contributed by atoms with Crippen LogP contribution >= 0.6 is 0 Å². The van der Waals surface area contributed by atoms with Crippen molar-refractivity contribution in [2.45, 2.75) is 33.3 Å². The van der Waals surface area contributed by atoms with E-state index >= 15 is 0 Å². The van der Waals surface area contributed by atoms with Crippen LogP contribution in [0.3, 0.4) is 0 Å². The number of amides is 1. The lowest BCUT2D eigenvalue weighted by Gasteiger charge is -2.19. The minimum Gasteiger partial charge on any atom is -0.444 e. The summed E-state index contributed by atoms with van der Waals surface area (Å²) in [6.07, 6.45) is 5.00. The SMILES string of the molecule is Cc1cc(N)ncc1C=CCNC(=O)OC(C)(C)C. The molecule has 0 atom stereocenters. The number of carbonyl (C=O) groups is 1. The smallest absolute Gasteiger partial charge is 0.407 e. The van der Waals surface area contributed by atoms with Crippen LogP contribution < -0.4 is 11.1 Å². The van der Waals surface area contributed by atoms with Crippen LogP contribution in [-0.4, -0.2) is 23.2 Å². The molecule has 0 spiro atoms. The summed E-state index contributed by atoms with van der Waals surface area (Å²) in [6, 6.07) is 1.81. The van der Waals surface area contributed by atoms with Crippen LogP contribution in [0.15, 0.2) is 18.3 Å². The Balaban J connectivity index is 2.44. The van der Waals surface area contributed by atoms with E-state index in [4.69, 9.17) is 10.5 Å². The number of aromatic nitrogens is 1. The zero-order valence-corrected chi connectivity index (χ0v) is 11.9. The fourth-order valence-corrected chi connectivity index (χ4v) is 1.41. The second kappa shape index (κ2) is 6.22. The van der Waals surface area contributed by atoms with Gasteiger partial charge in [-0.1, -0.05) is 12.2 Å².